The molecule has 2 N–H and O–H groups in total. The molecule has 0 aromatic heterocycles. The van der Waals surface area contributed by atoms with Crippen LogP contribution in [0.3, 0.4) is 0 Å². The van der Waals surface area contributed by atoms with Gasteiger partial charge in [0.25, 0.3) is 0 Å². The molecule has 1 amide bonds. The van der Waals surface area contributed by atoms with E-state index in [4.69, 9.17) is 23.8 Å². The summed E-state index contributed by atoms with van der Waals surface area (Å²) in [5.41, 5.74) is -0.0932. The van der Waals surface area contributed by atoms with Gasteiger partial charge in [-0.25, -0.2) is 4.79 Å². The number of benzene rings is 3. The Labute approximate surface area is 338 Å². The van der Waals surface area contributed by atoms with Gasteiger partial charge in [-0.1, -0.05) is 84.9 Å². The van der Waals surface area contributed by atoms with Crippen LogP contribution in [0.2, 0.25) is 0 Å². The van der Waals surface area contributed by atoms with E-state index in [9.17, 15) is 37.5 Å². The van der Waals surface area contributed by atoms with E-state index in [0.717, 1.165) is 6.08 Å². The minimum absolute atomic E-state index is 0.0341. The summed E-state index contributed by atoms with van der Waals surface area (Å²) in [6, 6.07) is 22.9. The highest BCUT2D eigenvalue weighted by atomic mass is 19.4. The van der Waals surface area contributed by atoms with Crippen LogP contribution in [0.1, 0.15) is 62.3 Å². The molecule has 4 aliphatic rings. The summed E-state index contributed by atoms with van der Waals surface area (Å²) in [7, 11) is 0. The first-order valence-electron chi connectivity index (χ1n) is 19.3. The van der Waals surface area contributed by atoms with Crippen molar-refractivity contribution in [2.24, 2.45) is 5.41 Å². The van der Waals surface area contributed by atoms with Crippen molar-refractivity contribution in [3.63, 3.8) is 0 Å². The lowest BCUT2D eigenvalue weighted by atomic mass is 9.62. The predicted molar refractivity (Wildman–Crippen MR) is 201 cm³/mol. The van der Waals surface area contributed by atoms with Crippen molar-refractivity contribution >= 4 is 29.9 Å². The molecule has 0 unspecified atom stereocenters. The molecule has 0 spiro atoms. The molecule has 4 fully saturated rings. The number of alkyl halides is 3. The van der Waals surface area contributed by atoms with Crippen LogP contribution < -0.4 is 5.32 Å². The van der Waals surface area contributed by atoms with Gasteiger partial charge in [0.15, 0.2) is 12.6 Å². The molecule has 3 saturated heterocycles. The minimum Gasteiger partial charge on any atom is -0.460 e. The molecule has 314 valence electrons. The largest absolute Gasteiger partial charge is 0.460 e. The van der Waals surface area contributed by atoms with Gasteiger partial charge < -0.3 is 34.1 Å². The molecule has 7 atom stereocenters. The number of aliphatic hydroxyl groups is 1. The van der Waals surface area contributed by atoms with Crippen LogP contribution in [0.25, 0.3) is 6.08 Å². The van der Waals surface area contributed by atoms with E-state index in [1.165, 1.54) is 11.1 Å². The first-order valence-corrected chi connectivity index (χ1v) is 19.3. The minimum atomic E-state index is -4.68. The second-order valence-corrected chi connectivity index (χ2v) is 16.0. The maximum atomic E-state index is 14.9. The number of rotatable bonds is 13. The van der Waals surface area contributed by atoms with E-state index in [2.05, 4.69) is 10.1 Å². The smallest absolute Gasteiger partial charge is 0.422 e. The van der Waals surface area contributed by atoms with Crippen molar-refractivity contribution in [1.29, 1.82) is 0 Å². The number of nitrogens with one attached hydrogen (secondary N) is 1. The molecule has 3 aliphatic heterocycles. The summed E-state index contributed by atoms with van der Waals surface area (Å²) in [6.45, 7) is 2.87. The van der Waals surface area contributed by atoms with E-state index in [0.29, 0.717) is 22.3 Å². The third kappa shape index (κ3) is 8.77. The van der Waals surface area contributed by atoms with E-state index in [-0.39, 0.29) is 25.8 Å². The Morgan fingerprint density at radius 1 is 0.966 bits per heavy atom. The molecule has 2 bridgehead atoms. The van der Waals surface area contributed by atoms with Gasteiger partial charge >= 0.3 is 24.1 Å². The Morgan fingerprint density at radius 3 is 2.25 bits per heavy atom. The van der Waals surface area contributed by atoms with E-state index < -0.39 is 96.5 Å². The number of aliphatic hydroxyl groups excluding tert-OH is 1. The van der Waals surface area contributed by atoms with Crippen molar-refractivity contribution in [2.45, 2.75) is 101 Å². The van der Waals surface area contributed by atoms with Crippen molar-refractivity contribution < 1.29 is 66.0 Å². The van der Waals surface area contributed by atoms with Crippen LogP contribution in [-0.2, 0) is 60.0 Å². The van der Waals surface area contributed by atoms with Crippen LogP contribution in [-0.4, -0.2) is 95.5 Å². The Morgan fingerprint density at radius 2 is 1.63 bits per heavy atom. The van der Waals surface area contributed by atoms with E-state index in [1.807, 2.05) is 60.7 Å². The molecule has 7 rings (SSSR count). The van der Waals surface area contributed by atoms with Crippen LogP contribution in [0, 0.1) is 5.41 Å². The van der Waals surface area contributed by atoms with Crippen LogP contribution in [0.4, 0.5) is 13.2 Å². The highest BCUT2D eigenvalue weighted by Gasteiger charge is 2.76. The SMILES string of the molecule is CC(C)(C)OC(=O)CC[C@@H](CO)NC(=O)[C@@]12C[C@H]3OC(=O)[C@@H]1N(Cc1cccc(C=CC(=O)OCC(F)(F)F)c1)O[C@@H]2[C@H]1OC(c2ccccc2)(c2ccccc2)O[C@H]13. The monoisotopic (exact) mass is 822 g/mol. The van der Waals surface area contributed by atoms with Gasteiger partial charge in [0.05, 0.1) is 19.2 Å². The fourth-order valence-electron chi connectivity index (χ4n) is 8.24. The molecule has 3 heterocycles. The highest BCUT2D eigenvalue weighted by molar-refractivity contribution is 5.94. The van der Waals surface area contributed by atoms with Gasteiger partial charge in [-0.2, -0.15) is 18.2 Å². The average molecular weight is 823 g/mol. The fraction of sp³-hybridized carbons (Fsp3) is 0.442. The van der Waals surface area contributed by atoms with Crippen molar-refractivity contribution in [3.05, 3.63) is 113 Å². The van der Waals surface area contributed by atoms with Crippen LogP contribution >= 0.6 is 0 Å². The number of nitrogens with zero attached hydrogens (tertiary/aromatic N) is 1. The normalized spacial score (nSPS) is 26.5. The van der Waals surface area contributed by atoms with Crippen molar-refractivity contribution in [2.75, 3.05) is 13.2 Å². The Balaban J connectivity index is 1.22. The maximum absolute atomic E-state index is 14.9. The lowest BCUT2D eigenvalue weighted by molar-refractivity contribution is -0.213. The number of amides is 1. The van der Waals surface area contributed by atoms with Gasteiger partial charge in [0.1, 0.15) is 35.4 Å². The Kier molecular flexibility index (Phi) is 11.7. The fourth-order valence-corrected chi connectivity index (χ4v) is 8.24. The Hall–Kier alpha value is -5.13. The van der Waals surface area contributed by atoms with Gasteiger partial charge in [0.2, 0.25) is 11.7 Å². The average Bonchev–Trinajstić information content (AvgIpc) is 3.77. The quantitative estimate of drug-likeness (QED) is 0.137. The number of ether oxygens (including phenoxy) is 5. The third-order valence-corrected chi connectivity index (χ3v) is 10.6. The lowest BCUT2D eigenvalue weighted by Gasteiger charge is -2.49. The van der Waals surface area contributed by atoms with Gasteiger partial charge in [-0.3, -0.25) is 19.2 Å². The number of esters is 3. The molecule has 1 saturated carbocycles. The summed E-state index contributed by atoms with van der Waals surface area (Å²) in [6.07, 6.45) is -6.57. The number of carbonyl (C=O) groups excluding carboxylic acids is 4. The van der Waals surface area contributed by atoms with Crippen molar-refractivity contribution in [3.8, 4) is 0 Å². The zero-order valence-electron chi connectivity index (χ0n) is 32.6. The summed E-state index contributed by atoms with van der Waals surface area (Å²) in [5.74, 6) is -4.56. The number of fused-ring (bicyclic) bond motifs is 4. The first kappa shape index (κ1) is 42.0. The molecule has 3 aromatic carbocycles. The molecule has 13 nitrogen and oxygen atoms in total. The van der Waals surface area contributed by atoms with E-state index in [1.54, 1.807) is 45.0 Å². The molecule has 59 heavy (non-hydrogen) atoms. The van der Waals surface area contributed by atoms with Gasteiger partial charge in [-0.15, -0.1) is 0 Å². The van der Waals surface area contributed by atoms with E-state index >= 15 is 0 Å². The standard InChI is InChI=1S/C43H45F3N2O11/c1-40(2,3)56-33(51)20-18-30(24-49)47-39(53)41-22-31-34-35(58-43(57-34,28-13-6-4-7-14-28)29-15-8-5-9-16-29)37(41)59-48(36(41)38(52)55-31)23-27-12-10-11-26(21-27)17-19-32(50)54-25-42(44,45)46/h4-17,19,21,30-31,34-37,49H,18,20,22-25H2,1-3H3,(H,47,53)/t30-,31+,34-,35-,36-,37+,41-/m0/s1. The van der Waals surface area contributed by atoms with Crippen LogP contribution in [0.5, 0.6) is 0 Å². The zero-order chi connectivity index (χ0) is 42.2. The van der Waals surface area contributed by atoms with Crippen LogP contribution in [0.15, 0.2) is 91.0 Å². The summed E-state index contributed by atoms with van der Waals surface area (Å²) in [4.78, 5) is 60.4. The first-order chi connectivity index (χ1) is 28.0. The number of hydrogen-bond donors (Lipinski definition) is 2. The second-order valence-electron chi connectivity index (χ2n) is 16.0. The molecule has 16 heteroatoms. The molecular formula is C43H45F3N2O11. The zero-order valence-corrected chi connectivity index (χ0v) is 32.6. The summed E-state index contributed by atoms with van der Waals surface area (Å²) in [5, 5.41) is 14.7. The topological polar surface area (TPSA) is 159 Å². The number of halogens is 3. The number of hydroxylamine groups is 2. The number of carbonyl (C=O) groups is 4. The third-order valence-electron chi connectivity index (χ3n) is 10.6. The molecule has 1 aliphatic carbocycles. The predicted octanol–water partition coefficient (Wildman–Crippen LogP) is 4.89. The van der Waals surface area contributed by atoms with Gasteiger partial charge in [0, 0.05) is 30.0 Å². The highest BCUT2D eigenvalue weighted by Crippen LogP contribution is 2.59. The maximum Gasteiger partial charge on any atom is 0.422 e. The molecular weight excluding hydrogens is 777 g/mol. The molecule has 0 radical (unpaired) electrons. The van der Waals surface area contributed by atoms with Crippen molar-refractivity contribution in [1.82, 2.24) is 10.4 Å². The summed E-state index contributed by atoms with van der Waals surface area (Å²) < 4.78 is 67.3. The summed E-state index contributed by atoms with van der Waals surface area (Å²) >= 11 is 0. The molecule has 3 aromatic rings. The second kappa shape index (κ2) is 16.5. The Bertz CT molecular complexity index is 2020. The number of hydrogen-bond acceptors (Lipinski definition) is 12. The van der Waals surface area contributed by atoms with Gasteiger partial charge in [-0.05, 0) is 44.4 Å². The lowest BCUT2D eigenvalue weighted by Crippen LogP contribution is -2.70.